The molecule has 2 aromatic rings. The van der Waals surface area contributed by atoms with Crippen LogP contribution < -0.4 is 0 Å². The monoisotopic (exact) mass is 303 g/mol. The highest BCUT2D eigenvalue weighted by molar-refractivity contribution is 5.76. The van der Waals surface area contributed by atoms with E-state index in [0.717, 1.165) is 17.2 Å². The van der Waals surface area contributed by atoms with E-state index >= 15 is 0 Å². The first kappa shape index (κ1) is 14.8. The summed E-state index contributed by atoms with van der Waals surface area (Å²) in [4.78, 5) is 22.0. The minimum Gasteiger partial charge on any atom is -0.377 e. The number of carbonyl (C=O) groups is 1. The molecule has 1 fully saturated rings. The van der Waals surface area contributed by atoms with Gasteiger partial charge in [0.2, 0.25) is 5.91 Å². The molecule has 0 saturated carbocycles. The van der Waals surface area contributed by atoms with Crippen LogP contribution >= 0.6 is 0 Å². The van der Waals surface area contributed by atoms with Crippen molar-refractivity contribution in [2.75, 3.05) is 19.8 Å². The molecule has 1 unspecified atom stereocenters. The Morgan fingerprint density at radius 3 is 3.05 bits per heavy atom. The average Bonchev–Trinajstić information content (AvgIpc) is 3.13. The van der Waals surface area contributed by atoms with Crippen molar-refractivity contribution in [3.05, 3.63) is 35.7 Å². The van der Waals surface area contributed by atoms with Crippen LogP contribution in [0.15, 0.2) is 18.5 Å². The van der Waals surface area contributed by atoms with Crippen molar-refractivity contribution in [1.29, 1.82) is 0 Å². The first-order valence-corrected chi connectivity index (χ1v) is 7.52. The number of morpholine rings is 1. The zero-order chi connectivity index (χ0) is 15.5. The molecule has 2 aromatic heterocycles. The van der Waals surface area contributed by atoms with Crippen LogP contribution in [0.1, 0.15) is 29.7 Å². The third-order valence-corrected chi connectivity index (χ3v) is 3.82. The van der Waals surface area contributed by atoms with Gasteiger partial charge in [-0.1, -0.05) is 0 Å². The summed E-state index contributed by atoms with van der Waals surface area (Å²) in [5.74, 6) is 0.899. The molecule has 7 nitrogen and oxygen atoms in total. The van der Waals surface area contributed by atoms with Gasteiger partial charge in [0.25, 0.3) is 0 Å². The predicted molar refractivity (Wildman–Crippen MR) is 80.2 cm³/mol. The number of H-pyrrole nitrogens is 1. The molecule has 0 spiro atoms. The number of aryl methyl sites for hydroxylation is 3. The number of nitrogens with zero attached hydrogens (tertiary/aromatic N) is 4. The second kappa shape index (κ2) is 6.31. The lowest BCUT2D eigenvalue weighted by Crippen LogP contribution is -2.44. The Labute approximate surface area is 129 Å². The molecule has 0 aromatic carbocycles. The van der Waals surface area contributed by atoms with Crippen molar-refractivity contribution in [1.82, 2.24) is 24.6 Å². The number of nitrogens with one attached hydrogen (secondary N) is 1. The zero-order valence-corrected chi connectivity index (χ0v) is 13.0. The van der Waals surface area contributed by atoms with E-state index in [0.29, 0.717) is 32.7 Å². The summed E-state index contributed by atoms with van der Waals surface area (Å²) in [5.41, 5.74) is 1.95. The topological polar surface area (TPSA) is 76.0 Å². The van der Waals surface area contributed by atoms with Gasteiger partial charge in [-0.2, -0.15) is 5.10 Å². The van der Waals surface area contributed by atoms with E-state index in [4.69, 9.17) is 4.74 Å². The fourth-order valence-electron chi connectivity index (χ4n) is 2.67. The van der Waals surface area contributed by atoms with Gasteiger partial charge in [-0.05, 0) is 19.9 Å². The van der Waals surface area contributed by atoms with E-state index in [9.17, 15) is 4.79 Å². The molecule has 1 aliphatic heterocycles. The number of imidazole rings is 1. The molecular formula is C15H21N5O2. The smallest absolute Gasteiger partial charge is 0.225 e. The Morgan fingerprint density at radius 1 is 1.50 bits per heavy atom. The lowest BCUT2D eigenvalue weighted by Gasteiger charge is -2.34. The molecule has 1 amide bonds. The molecule has 118 valence electrons. The summed E-state index contributed by atoms with van der Waals surface area (Å²) < 4.78 is 7.33. The quantitative estimate of drug-likeness (QED) is 0.921. The normalized spacial score (nSPS) is 18.6. The van der Waals surface area contributed by atoms with Crippen molar-refractivity contribution < 1.29 is 9.53 Å². The highest BCUT2D eigenvalue weighted by Gasteiger charge is 2.30. The third-order valence-electron chi connectivity index (χ3n) is 3.82. The van der Waals surface area contributed by atoms with Crippen molar-refractivity contribution >= 4 is 5.91 Å². The average molecular weight is 303 g/mol. The largest absolute Gasteiger partial charge is 0.377 e. The number of carbonyl (C=O) groups excluding carboxylic acids is 1. The maximum Gasteiger partial charge on any atom is 0.225 e. The third kappa shape index (κ3) is 3.19. The van der Waals surface area contributed by atoms with Crippen molar-refractivity contribution in [3.63, 3.8) is 0 Å². The summed E-state index contributed by atoms with van der Waals surface area (Å²) in [6, 6.07) is 1.81. The van der Waals surface area contributed by atoms with Crippen LogP contribution in [-0.4, -0.2) is 50.3 Å². The fourth-order valence-corrected chi connectivity index (χ4v) is 2.67. The Balaban J connectivity index is 1.66. The summed E-state index contributed by atoms with van der Waals surface area (Å²) in [6.45, 7) is 6.14. The molecule has 1 N–H and O–H groups in total. The summed E-state index contributed by atoms with van der Waals surface area (Å²) in [5, 5.41) is 4.31. The molecule has 1 atom stereocenters. The van der Waals surface area contributed by atoms with Gasteiger partial charge in [0, 0.05) is 37.6 Å². The standard InChI is InChI=1S/C15H21N5O2/c1-11-3-5-19(18-11)6-4-14(21)20-7-8-22-10-13(20)15-16-9-12(2)17-15/h3,5,9,13H,4,6-8,10H2,1-2H3,(H,16,17). The summed E-state index contributed by atoms with van der Waals surface area (Å²) in [7, 11) is 0. The van der Waals surface area contributed by atoms with Gasteiger partial charge in [-0.3, -0.25) is 9.48 Å². The lowest BCUT2D eigenvalue weighted by atomic mass is 10.2. The van der Waals surface area contributed by atoms with Crippen molar-refractivity contribution in [2.45, 2.75) is 32.9 Å². The SMILES string of the molecule is Cc1ccn(CCC(=O)N2CCOCC2c2ncc(C)[nH]2)n1. The van der Waals surface area contributed by atoms with E-state index in [1.165, 1.54) is 0 Å². The molecular weight excluding hydrogens is 282 g/mol. The van der Waals surface area contributed by atoms with Crippen LogP contribution in [0.5, 0.6) is 0 Å². The molecule has 0 aliphatic carbocycles. The molecule has 0 radical (unpaired) electrons. The van der Waals surface area contributed by atoms with E-state index in [1.807, 2.05) is 31.0 Å². The molecule has 22 heavy (non-hydrogen) atoms. The molecule has 3 rings (SSSR count). The van der Waals surface area contributed by atoms with Crippen LogP contribution in [0.4, 0.5) is 0 Å². The number of aromatic nitrogens is 4. The first-order valence-electron chi connectivity index (χ1n) is 7.52. The van der Waals surface area contributed by atoms with Crippen molar-refractivity contribution in [2.24, 2.45) is 0 Å². The Hall–Kier alpha value is -2.15. The van der Waals surface area contributed by atoms with Gasteiger partial charge in [0.15, 0.2) is 0 Å². The second-order valence-electron chi connectivity index (χ2n) is 5.60. The predicted octanol–water partition coefficient (Wildman–Crippen LogP) is 1.21. The number of hydrogen-bond donors (Lipinski definition) is 1. The first-order chi connectivity index (χ1) is 10.6. The van der Waals surface area contributed by atoms with Crippen LogP contribution in [0.3, 0.4) is 0 Å². The Bertz CT molecular complexity index is 648. The number of rotatable bonds is 4. The van der Waals surface area contributed by atoms with Gasteiger partial charge in [0.05, 0.1) is 18.9 Å². The minimum absolute atomic E-state index is 0.107. The van der Waals surface area contributed by atoms with Gasteiger partial charge in [0.1, 0.15) is 11.9 Å². The maximum absolute atomic E-state index is 12.6. The van der Waals surface area contributed by atoms with Gasteiger partial charge >= 0.3 is 0 Å². The molecule has 0 bridgehead atoms. The zero-order valence-electron chi connectivity index (χ0n) is 13.0. The van der Waals surface area contributed by atoms with Gasteiger partial charge in [-0.25, -0.2) is 4.98 Å². The van der Waals surface area contributed by atoms with E-state index in [1.54, 1.807) is 10.9 Å². The molecule has 3 heterocycles. The number of hydrogen-bond acceptors (Lipinski definition) is 4. The molecule has 1 aliphatic rings. The van der Waals surface area contributed by atoms with Gasteiger partial charge in [-0.15, -0.1) is 0 Å². The molecule has 7 heteroatoms. The highest BCUT2D eigenvalue weighted by atomic mass is 16.5. The van der Waals surface area contributed by atoms with Crippen LogP contribution in [0.2, 0.25) is 0 Å². The van der Waals surface area contributed by atoms with Crippen LogP contribution in [0, 0.1) is 13.8 Å². The number of aromatic amines is 1. The summed E-state index contributed by atoms with van der Waals surface area (Å²) in [6.07, 6.45) is 4.10. The lowest BCUT2D eigenvalue weighted by molar-refractivity contribution is -0.140. The minimum atomic E-state index is -0.130. The van der Waals surface area contributed by atoms with E-state index in [2.05, 4.69) is 15.1 Å². The van der Waals surface area contributed by atoms with Crippen LogP contribution in [-0.2, 0) is 16.1 Å². The maximum atomic E-state index is 12.6. The van der Waals surface area contributed by atoms with Crippen LogP contribution in [0.25, 0.3) is 0 Å². The van der Waals surface area contributed by atoms with Crippen molar-refractivity contribution in [3.8, 4) is 0 Å². The van der Waals surface area contributed by atoms with Gasteiger partial charge < -0.3 is 14.6 Å². The molecule has 1 saturated heterocycles. The highest BCUT2D eigenvalue weighted by Crippen LogP contribution is 2.22. The number of ether oxygens (including phenoxy) is 1. The van der Waals surface area contributed by atoms with E-state index in [-0.39, 0.29) is 11.9 Å². The Morgan fingerprint density at radius 2 is 2.36 bits per heavy atom. The number of amides is 1. The van der Waals surface area contributed by atoms with E-state index < -0.39 is 0 Å². The Kier molecular flexibility index (Phi) is 4.24. The fraction of sp³-hybridized carbons (Fsp3) is 0.533. The summed E-state index contributed by atoms with van der Waals surface area (Å²) >= 11 is 0. The second-order valence-corrected chi connectivity index (χ2v) is 5.60.